The van der Waals surface area contributed by atoms with Crippen LogP contribution in [0, 0.1) is 21.4 Å². The van der Waals surface area contributed by atoms with Gasteiger partial charge < -0.3 is 15.0 Å². The van der Waals surface area contributed by atoms with Gasteiger partial charge in [0.05, 0.1) is 17.7 Å². The highest BCUT2D eigenvalue weighted by Gasteiger charge is 2.17. The molecule has 0 fully saturated rings. The van der Waals surface area contributed by atoms with Crippen LogP contribution in [0.25, 0.3) is 0 Å². The van der Waals surface area contributed by atoms with E-state index in [1.807, 2.05) is 6.07 Å². The first-order valence-electron chi connectivity index (χ1n) is 7.18. The number of nitro groups is 1. The van der Waals surface area contributed by atoms with Crippen molar-refractivity contribution < 1.29 is 14.5 Å². The van der Waals surface area contributed by atoms with Crippen LogP contribution in [0.2, 0.25) is 0 Å². The second-order valence-corrected chi connectivity index (χ2v) is 4.74. The number of non-ortho nitro benzene ring substituents is 1. The summed E-state index contributed by atoms with van der Waals surface area (Å²) in [5, 5.41) is 22.8. The Morgan fingerprint density at radius 2 is 2.08 bits per heavy atom. The topological polar surface area (TPSA) is 109 Å². The Balaban J connectivity index is 3.11. The lowest BCUT2D eigenvalue weighted by atomic mass is 10.2. The summed E-state index contributed by atoms with van der Waals surface area (Å²) in [7, 11) is 1.41. The molecule has 0 aliphatic carbocycles. The molecule has 1 N–H and O–H groups in total. The zero-order valence-electron chi connectivity index (χ0n) is 13.8. The molecule has 0 aliphatic heterocycles. The molecule has 0 heterocycles. The lowest BCUT2D eigenvalue weighted by Crippen LogP contribution is -2.32. The number of ether oxygens (including phenoxy) is 1. The maximum atomic E-state index is 12.4. The third-order valence-corrected chi connectivity index (χ3v) is 3.10. The minimum absolute atomic E-state index is 0.151. The van der Waals surface area contributed by atoms with Gasteiger partial charge in [-0.1, -0.05) is 12.2 Å². The van der Waals surface area contributed by atoms with Crippen molar-refractivity contribution in [3.05, 3.63) is 65.4 Å². The smallest absolute Gasteiger partial charge is 0.271 e. The largest absolute Gasteiger partial charge is 0.495 e. The van der Waals surface area contributed by atoms with Crippen molar-refractivity contribution in [2.24, 2.45) is 0 Å². The summed E-state index contributed by atoms with van der Waals surface area (Å²) in [5.74, 6) is -0.181. The van der Waals surface area contributed by atoms with Crippen molar-refractivity contribution in [3.63, 3.8) is 0 Å². The van der Waals surface area contributed by atoms with Gasteiger partial charge in [0.15, 0.2) is 0 Å². The van der Waals surface area contributed by atoms with E-state index in [4.69, 9.17) is 4.74 Å². The van der Waals surface area contributed by atoms with Crippen molar-refractivity contribution in [3.8, 4) is 11.8 Å². The molecule has 8 nitrogen and oxygen atoms in total. The molecule has 0 aromatic heterocycles. The Hall–Kier alpha value is -3.60. The van der Waals surface area contributed by atoms with Gasteiger partial charge in [-0.2, -0.15) is 5.26 Å². The van der Waals surface area contributed by atoms with Gasteiger partial charge in [-0.15, -0.1) is 13.2 Å². The first-order chi connectivity index (χ1) is 12.0. The highest BCUT2D eigenvalue weighted by Crippen LogP contribution is 2.29. The fraction of sp³-hybridized carbons (Fsp3) is 0.176. The number of nitro benzene ring substituents is 1. The van der Waals surface area contributed by atoms with E-state index in [-0.39, 0.29) is 30.0 Å². The molecule has 1 aromatic carbocycles. The molecule has 0 spiro atoms. The SMILES string of the molecule is C=CCN(CC=C)C(=O)/C(C#N)=C\Nc1cc([N+](=O)[O-])ccc1OC. The monoisotopic (exact) mass is 342 g/mol. The maximum absolute atomic E-state index is 12.4. The predicted octanol–water partition coefficient (Wildman–Crippen LogP) is 2.62. The average Bonchev–Trinajstić information content (AvgIpc) is 2.61. The summed E-state index contributed by atoms with van der Waals surface area (Å²) in [6.45, 7) is 7.64. The number of methoxy groups -OCH3 is 1. The summed E-state index contributed by atoms with van der Waals surface area (Å²) in [6.07, 6.45) is 4.25. The van der Waals surface area contributed by atoms with Gasteiger partial charge in [0.1, 0.15) is 17.4 Å². The molecule has 0 saturated heterocycles. The summed E-state index contributed by atoms with van der Waals surface area (Å²) < 4.78 is 5.11. The lowest BCUT2D eigenvalue weighted by molar-refractivity contribution is -0.384. The van der Waals surface area contributed by atoms with Gasteiger partial charge in [0.2, 0.25) is 0 Å². The molecule has 1 aromatic rings. The van der Waals surface area contributed by atoms with Crippen molar-refractivity contribution in [2.45, 2.75) is 0 Å². The number of nitriles is 1. The highest BCUT2D eigenvalue weighted by molar-refractivity contribution is 5.97. The fourth-order valence-corrected chi connectivity index (χ4v) is 1.94. The number of carbonyl (C=O) groups is 1. The number of rotatable bonds is 9. The van der Waals surface area contributed by atoms with Gasteiger partial charge in [-0.3, -0.25) is 14.9 Å². The van der Waals surface area contributed by atoms with Crippen LogP contribution in [0.3, 0.4) is 0 Å². The fourth-order valence-electron chi connectivity index (χ4n) is 1.94. The van der Waals surface area contributed by atoms with Crippen LogP contribution < -0.4 is 10.1 Å². The third kappa shape index (κ3) is 5.21. The van der Waals surface area contributed by atoms with Crippen molar-refractivity contribution in [2.75, 3.05) is 25.5 Å². The Labute approximate surface area is 145 Å². The molecule has 1 rings (SSSR count). The van der Waals surface area contributed by atoms with E-state index in [0.29, 0.717) is 5.75 Å². The standard InChI is InChI=1S/C17H18N4O4/c1-4-8-20(9-5-2)17(22)13(11-18)12-19-15-10-14(21(23)24)6-7-16(15)25-3/h4-7,10,12,19H,1-2,8-9H2,3H3/b13-12-. The quantitative estimate of drug-likeness (QED) is 0.243. The first-order valence-corrected chi connectivity index (χ1v) is 7.18. The average molecular weight is 342 g/mol. The second kappa shape index (κ2) is 9.52. The number of anilines is 1. The van der Waals surface area contributed by atoms with Gasteiger partial charge in [-0.05, 0) is 6.07 Å². The minimum atomic E-state index is -0.555. The number of benzene rings is 1. The number of hydrogen-bond acceptors (Lipinski definition) is 6. The number of hydrogen-bond donors (Lipinski definition) is 1. The van der Waals surface area contributed by atoms with Crippen LogP contribution >= 0.6 is 0 Å². The Bertz CT molecular complexity index is 740. The number of nitrogens with one attached hydrogen (secondary N) is 1. The molecule has 0 saturated carbocycles. The van der Waals surface area contributed by atoms with E-state index in [0.717, 1.165) is 0 Å². The number of nitrogens with zero attached hydrogens (tertiary/aromatic N) is 3. The lowest BCUT2D eigenvalue weighted by Gasteiger charge is -2.18. The van der Waals surface area contributed by atoms with E-state index in [1.54, 1.807) is 0 Å². The van der Waals surface area contributed by atoms with E-state index in [2.05, 4.69) is 18.5 Å². The normalized spacial score (nSPS) is 10.3. The summed E-state index contributed by atoms with van der Waals surface area (Å²) in [6, 6.07) is 5.77. The van der Waals surface area contributed by atoms with Crippen molar-refractivity contribution in [1.29, 1.82) is 5.26 Å². The summed E-state index contributed by atoms with van der Waals surface area (Å²) in [4.78, 5) is 24.1. The molecule has 0 radical (unpaired) electrons. The first kappa shape index (κ1) is 19.4. The molecule has 0 atom stereocenters. The molecule has 0 unspecified atom stereocenters. The number of amides is 1. The van der Waals surface area contributed by atoms with Crippen LogP contribution in [0.5, 0.6) is 5.75 Å². The molecule has 8 heteroatoms. The van der Waals surface area contributed by atoms with Gasteiger partial charge in [0, 0.05) is 31.4 Å². The van der Waals surface area contributed by atoms with Crippen LogP contribution in [0.15, 0.2) is 55.3 Å². The van der Waals surface area contributed by atoms with Crippen molar-refractivity contribution in [1.82, 2.24) is 4.90 Å². The Morgan fingerprint density at radius 3 is 2.56 bits per heavy atom. The van der Waals surface area contributed by atoms with Crippen molar-refractivity contribution >= 4 is 17.3 Å². The van der Waals surface area contributed by atoms with Gasteiger partial charge in [0.25, 0.3) is 11.6 Å². The molecule has 25 heavy (non-hydrogen) atoms. The summed E-state index contributed by atoms with van der Waals surface area (Å²) >= 11 is 0. The molecular weight excluding hydrogens is 324 g/mol. The third-order valence-electron chi connectivity index (χ3n) is 3.10. The van der Waals surface area contributed by atoms with E-state index in [9.17, 15) is 20.2 Å². The summed E-state index contributed by atoms with van der Waals surface area (Å²) in [5.41, 5.74) is -0.0602. The van der Waals surface area contributed by atoms with Crippen LogP contribution in [0.4, 0.5) is 11.4 Å². The van der Waals surface area contributed by atoms with Crippen LogP contribution in [-0.4, -0.2) is 35.9 Å². The molecule has 0 bridgehead atoms. The maximum Gasteiger partial charge on any atom is 0.271 e. The van der Waals surface area contributed by atoms with Gasteiger partial charge in [-0.25, -0.2) is 0 Å². The van der Waals surface area contributed by atoms with Crippen LogP contribution in [0.1, 0.15) is 0 Å². The van der Waals surface area contributed by atoms with E-state index >= 15 is 0 Å². The second-order valence-electron chi connectivity index (χ2n) is 4.74. The predicted molar refractivity (Wildman–Crippen MR) is 93.9 cm³/mol. The minimum Gasteiger partial charge on any atom is -0.495 e. The molecule has 0 aliphatic rings. The van der Waals surface area contributed by atoms with Gasteiger partial charge >= 0.3 is 0 Å². The van der Waals surface area contributed by atoms with Crippen LogP contribution in [-0.2, 0) is 4.79 Å². The number of carbonyl (C=O) groups excluding carboxylic acids is 1. The molecular formula is C17H18N4O4. The van der Waals surface area contributed by atoms with E-state index < -0.39 is 10.8 Å². The zero-order valence-corrected chi connectivity index (χ0v) is 13.8. The molecule has 130 valence electrons. The van der Waals surface area contributed by atoms with E-state index in [1.165, 1.54) is 48.6 Å². The highest BCUT2D eigenvalue weighted by atomic mass is 16.6. The molecule has 1 amide bonds. The Morgan fingerprint density at radius 1 is 1.44 bits per heavy atom. The Kier molecular flexibility index (Phi) is 7.40. The zero-order chi connectivity index (χ0) is 18.8.